The molecule has 10 nitrogen and oxygen atoms in total. The van der Waals surface area contributed by atoms with Crippen molar-refractivity contribution < 1.29 is 9.53 Å². The van der Waals surface area contributed by atoms with Gasteiger partial charge in [0, 0.05) is 30.8 Å². The summed E-state index contributed by atoms with van der Waals surface area (Å²) in [6.07, 6.45) is 7.30. The summed E-state index contributed by atoms with van der Waals surface area (Å²) in [5.74, 6) is 0.390. The number of fused-ring (bicyclic) bond motifs is 1. The average molecular weight is 515 g/mol. The van der Waals surface area contributed by atoms with E-state index in [0.29, 0.717) is 24.7 Å². The fourth-order valence-corrected chi connectivity index (χ4v) is 6.00. The van der Waals surface area contributed by atoms with Gasteiger partial charge in [-0.25, -0.2) is 4.52 Å². The molecular formula is C26H26N8O2S. The Balaban J connectivity index is 1.28. The summed E-state index contributed by atoms with van der Waals surface area (Å²) in [5.41, 5.74) is 4.80. The van der Waals surface area contributed by atoms with Crippen LogP contribution in [0.5, 0.6) is 0 Å². The second-order valence-electron chi connectivity index (χ2n) is 9.60. The molecule has 0 bridgehead atoms. The Morgan fingerprint density at radius 1 is 1.14 bits per heavy atom. The van der Waals surface area contributed by atoms with Crippen molar-refractivity contribution in [2.24, 2.45) is 0 Å². The van der Waals surface area contributed by atoms with Crippen LogP contribution in [-0.4, -0.2) is 56.0 Å². The molecule has 0 spiro atoms. The van der Waals surface area contributed by atoms with Crippen molar-refractivity contribution in [1.29, 1.82) is 5.26 Å². The second-order valence-corrected chi connectivity index (χ2v) is 10.6. The smallest absolute Gasteiger partial charge is 0.217 e. The van der Waals surface area contributed by atoms with Crippen molar-refractivity contribution in [2.75, 3.05) is 18.5 Å². The molecule has 11 heteroatoms. The first kappa shape index (κ1) is 23.5. The zero-order valence-electron chi connectivity index (χ0n) is 20.3. The molecule has 2 N–H and O–H groups in total. The molecule has 1 saturated heterocycles. The van der Waals surface area contributed by atoms with Gasteiger partial charge in [-0.15, -0.1) is 10.2 Å². The van der Waals surface area contributed by atoms with Crippen molar-refractivity contribution in [3.63, 3.8) is 0 Å². The number of nitrogens with zero attached hydrogens (tertiary/aromatic N) is 6. The van der Waals surface area contributed by atoms with E-state index in [0.717, 1.165) is 63.9 Å². The lowest BCUT2D eigenvalue weighted by molar-refractivity contribution is -0.119. The molecule has 37 heavy (non-hydrogen) atoms. The third-order valence-electron chi connectivity index (χ3n) is 6.95. The van der Waals surface area contributed by atoms with E-state index in [9.17, 15) is 10.1 Å². The van der Waals surface area contributed by atoms with Gasteiger partial charge in [0.25, 0.3) is 0 Å². The normalized spacial score (nSPS) is 19.8. The van der Waals surface area contributed by atoms with Crippen LogP contribution in [0.15, 0.2) is 36.7 Å². The number of aromatic nitrogens is 5. The zero-order valence-corrected chi connectivity index (χ0v) is 21.2. The molecule has 1 aliphatic heterocycles. The van der Waals surface area contributed by atoms with Gasteiger partial charge in [-0.05, 0) is 49.9 Å². The molecule has 0 unspecified atom stereocenters. The predicted octanol–water partition coefficient (Wildman–Crippen LogP) is 3.76. The third-order valence-corrected chi connectivity index (χ3v) is 8.07. The van der Waals surface area contributed by atoms with Gasteiger partial charge in [-0.1, -0.05) is 11.3 Å². The zero-order chi connectivity index (χ0) is 25.4. The maximum atomic E-state index is 11.4. The van der Waals surface area contributed by atoms with Gasteiger partial charge < -0.3 is 15.4 Å². The van der Waals surface area contributed by atoms with Crippen molar-refractivity contribution in [3.05, 3.63) is 47.2 Å². The molecule has 2 fully saturated rings. The van der Waals surface area contributed by atoms with Crippen LogP contribution in [-0.2, 0) is 9.53 Å². The Bertz CT molecular complexity index is 1490. The predicted molar refractivity (Wildman–Crippen MR) is 139 cm³/mol. The number of carbonyl (C=O) groups is 1. The van der Waals surface area contributed by atoms with Crippen LogP contribution in [0, 0.1) is 11.3 Å². The lowest BCUT2D eigenvalue weighted by atomic mass is 9.86. The van der Waals surface area contributed by atoms with Crippen molar-refractivity contribution >= 4 is 28.4 Å². The number of ether oxygens (including phenoxy) is 1. The second kappa shape index (κ2) is 9.88. The van der Waals surface area contributed by atoms with E-state index in [1.165, 1.54) is 0 Å². The first-order valence-electron chi connectivity index (χ1n) is 12.4. The van der Waals surface area contributed by atoms with E-state index in [1.54, 1.807) is 29.0 Å². The average Bonchev–Trinajstić information content (AvgIpc) is 3.53. The highest BCUT2D eigenvalue weighted by atomic mass is 32.1. The van der Waals surface area contributed by atoms with Crippen LogP contribution in [0.4, 0.5) is 5.69 Å². The third kappa shape index (κ3) is 4.77. The van der Waals surface area contributed by atoms with Crippen LogP contribution in [0.3, 0.4) is 0 Å². The number of nitriles is 1. The summed E-state index contributed by atoms with van der Waals surface area (Å²) < 4.78 is 7.17. The number of hydrogen-bond donors (Lipinski definition) is 2. The minimum absolute atomic E-state index is 0.0327. The van der Waals surface area contributed by atoms with Gasteiger partial charge in [0.15, 0.2) is 5.01 Å². The molecule has 0 radical (unpaired) electrons. The first-order chi connectivity index (χ1) is 18.1. The molecule has 0 atom stereocenters. The maximum absolute atomic E-state index is 11.4. The van der Waals surface area contributed by atoms with Crippen LogP contribution >= 0.6 is 11.3 Å². The van der Waals surface area contributed by atoms with E-state index in [2.05, 4.69) is 32.0 Å². The Morgan fingerprint density at radius 3 is 2.70 bits per heavy atom. The standard InChI is InChI=1S/C26H26N8O2S/c1-15(35)30-18-4-2-17(3-5-18)25-32-33-26(37-25)21-12-28-23(9-22(21)31-19-13-36-14-19)24-7-6-20-8-16(10-27)11-29-34(20)24/h6-9,11-12,17-19H,2-5,13-14H2,1H3,(H,28,31)(H,30,35)/t17-,18-. The number of pyridine rings is 1. The number of carbonyl (C=O) groups excluding carboxylic acids is 1. The van der Waals surface area contributed by atoms with E-state index >= 15 is 0 Å². The molecule has 6 rings (SSSR count). The summed E-state index contributed by atoms with van der Waals surface area (Å²) >= 11 is 1.62. The lowest BCUT2D eigenvalue weighted by Crippen LogP contribution is -2.40. The van der Waals surface area contributed by atoms with E-state index in [-0.39, 0.29) is 18.0 Å². The van der Waals surface area contributed by atoms with Crippen molar-refractivity contribution in [1.82, 2.24) is 30.1 Å². The van der Waals surface area contributed by atoms with Crippen LogP contribution in [0.2, 0.25) is 0 Å². The molecule has 1 saturated carbocycles. The van der Waals surface area contributed by atoms with Crippen molar-refractivity contribution in [3.8, 4) is 28.0 Å². The molecular weight excluding hydrogens is 488 g/mol. The minimum Gasteiger partial charge on any atom is -0.377 e. The topological polar surface area (TPSA) is 130 Å². The Morgan fingerprint density at radius 2 is 1.97 bits per heavy atom. The van der Waals surface area contributed by atoms with Gasteiger partial charge in [0.2, 0.25) is 5.91 Å². The molecule has 0 aromatic carbocycles. The minimum atomic E-state index is 0.0327. The van der Waals surface area contributed by atoms with E-state index in [4.69, 9.17) is 9.72 Å². The van der Waals surface area contributed by atoms with Gasteiger partial charge in [0.1, 0.15) is 11.1 Å². The van der Waals surface area contributed by atoms with E-state index < -0.39 is 0 Å². The van der Waals surface area contributed by atoms with Gasteiger partial charge in [-0.2, -0.15) is 10.4 Å². The summed E-state index contributed by atoms with van der Waals surface area (Å²) in [6, 6.07) is 10.3. The highest BCUT2D eigenvalue weighted by molar-refractivity contribution is 7.14. The van der Waals surface area contributed by atoms with Crippen LogP contribution in [0.25, 0.3) is 27.5 Å². The SMILES string of the molecule is CC(=O)N[C@H]1CC[C@H](c2nnc(-c3cnc(-c4ccc5cc(C#N)cnn45)cc3NC3COC3)s2)CC1. The molecule has 4 aromatic heterocycles. The molecule has 188 valence electrons. The fourth-order valence-electron chi connectivity index (χ4n) is 4.96. The van der Waals surface area contributed by atoms with Gasteiger partial charge in [-0.3, -0.25) is 9.78 Å². The summed E-state index contributed by atoms with van der Waals surface area (Å²) in [5, 5.41) is 31.2. The summed E-state index contributed by atoms with van der Waals surface area (Å²) in [4.78, 5) is 16.1. The van der Waals surface area contributed by atoms with Crippen molar-refractivity contribution in [2.45, 2.75) is 50.6 Å². The summed E-state index contributed by atoms with van der Waals surface area (Å²) in [7, 11) is 0. The summed E-state index contributed by atoms with van der Waals surface area (Å²) in [6.45, 7) is 2.88. The molecule has 2 aliphatic rings. The molecule has 1 aliphatic carbocycles. The Hall–Kier alpha value is -3.88. The Labute approximate surface area is 217 Å². The largest absolute Gasteiger partial charge is 0.377 e. The molecule has 4 aromatic rings. The number of rotatable bonds is 6. The first-order valence-corrected chi connectivity index (χ1v) is 13.2. The van der Waals surface area contributed by atoms with Crippen LogP contribution in [0.1, 0.15) is 49.1 Å². The number of hydrogen-bond acceptors (Lipinski definition) is 9. The lowest BCUT2D eigenvalue weighted by Gasteiger charge is -2.28. The highest BCUT2D eigenvalue weighted by Gasteiger charge is 2.27. The van der Waals surface area contributed by atoms with Crippen LogP contribution < -0.4 is 10.6 Å². The monoisotopic (exact) mass is 514 g/mol. The number of nitrogens with one attached hydrogen (secondary N) is 2. The number of anilines is 1. The molecule has 5 heterocycles. The number of amides is 1. The maximum Gasteiger partial charge on any atom is 0.217 e. The highest BCUT2D eigenvalue weighted by Crippen LogP contribution is 2.39. The van der Waals surface area contributed by atoms with E-state index in [1.807, 2.05) is 30.5 Å². The quantitative estimate of drug-likeness (QED) is 0.398. The Kier molecular flexibility index (Phi) is 6.28. The van der Waals surface area contributed by atoms with Gasteiger partial charge >= 0.3 is 0 Å². The fraction of sp³-hybridized carbons (Fsp3) is 0.385. The molecule has 1 amide bonds. The van der Waals surface area contributed by atoms with Gasteiger partial charge in [0.05, 0.1) is 53.5 Å².